The third-order valence-corrected chi connectivity index (χ3v) is 5.79. The zero-order valence-corrected chi connectivity index (χ0v) is 15.5. The Morgan fingerprint density at radius 2 is 1.38 bits per heavy atom. The molecule has 0 radical (unpaired) electrons. The zero-order valence-electron chi connectivity index (χ0n) is 15.5. The van der Waals surface area contributed by atoms with E-state index in [9.17, 15) is 13.2 Å². The molecule has 0 aliphatic heterocycles. The van der Waals surface area contributed by atoms with Gasteiger partial charge in [-0.15, -0.1) is 0 Å². The van der Waals surface area contributed by atoms with E-state index >= 15 is 0 Å². The van der Waals surface area contributed by atoms with Crippen LogP contribution < -0.4 is 0 Å². The van der Waals surface area contributed by atoms with Gasteiger partial charge in [0, 0.05) is 6.92 Å². The lowest BCUT2D eigenvalue weighted by Gasteiger charge is -2.28. The van der Waals surface area contributed by atoms with Crippen LogP contribution >= 0.6 is 0 Å². The molecule has 0 heterocycles. The van der Waals surface area contributed by atoms with E-state index < -0.39 is 12.1 Å². The van der Waals surface area contributed by atoms with E-state index in [1.165, 1.54) is 49.8 Å². The first-order valence-corrected chi connectivity index (χ1v) is 9.60. The van der Waals surface area contributed by atoms with Crippen LogP contribution in [-0.4, -0.2) is 5.92 Å². The minimum atomic E-state index is -3.36. The van der Waals surface area contributed by atoms with Gasteiger partial charge in [0.25, 0.3) is 5.92 Å². The van der Waals surface area contributed by atoms with Crippen LogP contribution in [0.15, 0.2) is 48.5 Å². The Kier molecular flexibility index (Phi) is 5.74. The summed E-state index contributed by atoms with van der Waals surface area (Å²) in [6.45, 7) is 2.89. The molecule has 0 bridgehead atoms. The summed E-state index contributed by atoms with van der Waals surface area (Å²) in [5.74, 6) is -1.83. The Morgan fingerprint density at radius 1 is 0.885 bits per heavy atom. The largest absolute Gasteiger partial charge is 0.280 e. The molecule has 0 N–H and O–H groups in total. The van der Waals surface area contributed by atoms with E-state index in [1.54, 1.807) is 12.1 Å². The topological polar surface area (TPSA) is 0 Å². The Hall–Kier alpha value is -1.77. The summed E-state index contributed by atoms with van der Waals surface area (Å²) < 4.78 is 40.0. The lowest BCUT2D eigenvalue weighted by atomic mass is 9.77. The first-order valence-electron chi connectivity index (χ1n) is 9.60. The number of alkyl halides is 3. The van der Waals surface area contributed by atoms with Gasteiger partial charge in [-0.2, -0.15) is 0 Å². The second-order valence-electron chi connectivity index (χ2n) is 7.69. The number of rotatable bonds is 5. The molecule has 0 spiro atoms. The van der Waals surface area contributed by atoms with E-state index in [0.717, 1.165) is 17.0 Å². The van der Waals surface area contributed by atoms with Crippen LogP contribution in [0, 0.1) is 5.92 Å². The average Bonchev–Trinajstić information content (AvgIpc) is 2.67. The van der Waals surface area contributed by atoms with Gasteiger partial charge in [0.05, 0.1) is 0 Å². The van der Waals surface area contributed by atoms with Crippen molar-refractivity contribution in [3.05, 3.63) is 59.7 Å². The van der Waals surface area contributed by atoms with Crippen molar-refractivity contribution in [3.63, 3.8) is 0 Å². The van der Waals surface area contributed by atoms with Gasteiger partial charge in [0.1, 0.15) is 0 Å². The first-order chi connectivity index (χ1) is 12.4. The second-order valence-corrected chi connectivity index (χ2v) is 7.69. The SMILES string of the molecule is CCC1CCC(c2ccc(-c3ccc(C(F)C(C)(F)F)cc3)cc2)CC1. The van der Waals surface area contributed by atoms with Crippen molar-refractivity contribution in [2.45, 2.75) is 64.0 Å². The molecule has 0 amide bonds. The summed E-state index contributed by atoms with van der Waals surface area (Å²) in [4.78, 5) is 0. The smallest absolute Gasteiger partial charge is 0.236 e. The third kappa shape index (κ3) is 4.31. The molecular weight excluding hydrogens is 333 g/mol. The number of halogens is 3. The fraction of sp³-hybridized carbons (Fsp3) is 0.478. The van der Waals surface area contributed by atoms with E-state index in [1.807, 2.05) is 0 Å². The number of hydrogen-bond donors (Lipinski definition) is 0. The summed E-state index contributed by atoms with van der Waals surface area (Å²) in [5, 5.41) is 0. The van der Waals surface area contributed by atoms with Crippen molar-refractivity contribution in [3.8, 4) is 11.1 Å². The zero-order chi connectivity index (χ0) is 18.7. The summed E-state index contributed by atoms with van der Waals surface area (Å²) in [7, 11) is 0. The van der Waals surface area contributed by atoms with E-state index in [4.69, 9.17) is 0 Å². The van der Waals surface area contributed by atoms with Gasteiger partial charge in [-0.3, -0.25) is 0 Å². The molecule has 1 unspecified atom stereocenters. The summed E-state index contributed by atoms with van der Waals surface area (Å²) in [6, 6.07) is 14.9. The van der Waals surface area contributed by atoms with E-state index in [-0.39, 0.29) is 5.56 Å². The first kappa shape index (κ1) is 19.0. The Balaban J connectivity index is 1.69. The molecule has 2 aromatic rings. The summed E-state index contributed by atoms with van der Waals surface area (Å²) >= 11 is 0. The Labute approximate surface area is 154 Å². The van der Waals surface area contributed by atoms with Crippen LogP contribution in [0.1, 0.15) is 69.2 Å². The molecule has 1 saturated carbocycles. The molecular formula is C23H27F3. The predicted molar refractivity (Wildman–Crippen MR) is 101 cm³/mol. The lowest BCUT2D eigenvalue weighted by molar-refractivity contribution is -0.0566. The maximum absolute atomic E-state index is 13.7. The van der Waals surface area contributed by atoms with Gasteiger partial charge in [0.2, 0.25) is 0 Å². The van der Waals surface area contributed by atoms with Crippen molar-refractivity contribution in [1.82, 2.24) is 0 Å². The normalized spacial score (nSPS) is 22.2. The third-order valence-electron chi connectivity index (χ3n) is 5.79. The van der Waals surface area contributed by atoms with Crippen molar-refractivity contribution in [2.75, 3.05) is 0 Å². The van der Waals surface area contributed by atoms with Crippen molar-refractivity contribution in [1.29, 1.82) is 0 Å². The van der Waals surface area contributed by atoms with Crippen LogP contribution in [0.3, 0.4) is 0 Å². The van der Waals surface area contributed by atoms with E-state index in [0.29, 0.717) is 12.8 Å². The molecule has 140 valence electrons. The minimum absolute atomic E-state index is 0.0190. The number of hydrogen-bond acceptors (Lipinski definition) is 0. The molecule has 1 aliphatic carbocycles. The van der Waals surface area contributed by atoms with Gasteiger partial charge in [-0.25, -0.2) is 13.2 Å². The fourth-order valence-corrected chi connectivity index (χ4v) is 3.99. The molecule has 3 rings (SSSR count). The highest BCUT2D eigenvalue weighted by Crippen LogP contribution is 2.38. The van der Waals surface area contributed by atoms with Gasteiger partial charge < -0.3 is 0 Å². The molecule has 1 aliphatic rings. The van der Waals surface area contributed by atoms with Crippen molar-refractivity contribution in [2.24, 2.45) is 5.92 Å². The molecule has 0 aromatic heterocycles. The molecule has 1 atom stereocenters. The highest BCUT2D eigenvalue weighted by atomic mass is 19.3. The quantitative estimate of drug-likeness (QED) is 0.512. The maximum atomic E-state index is 13.7. The molecule has 26 heavy (non-hydrogen) atoms. The van der Waals surface area contributed by atoms with Gasteiger partial charge in [-0.1, -0.05) is 61.9 Å². The minimum Gasteiger partial charge on any atom is -0.236 e. The molecule has 0 nitrogen and oxygen atoms in total. The van der Waals surface area contributed by atoms with Crippen LogP contribution in [0.4, 0.5) is 13.2 Å². The van der Waals surface area contributed by atoms with Crippen molar-refractivity contribution < 1.29 is 13.2 Å². The van der Waals surface area contributed by atoms with Crippen LogP contribution in [0.2, 0.25) is 0 Å². The van der Waals surface area contributed by atoms with Crippen LogP contribution in [0.25, 0.3) is 11.1 Å². The highest BCUT2D eigenvalue weighted by molar-refractivity contribution is 5.64. The van der Waals surface area contributed by atoms with Gasteiger partial charge in [-0.05, 0) is 59.8 Å². The molecule has 0 saturated heterocycles. The summed E-state index contributed by atoms with van der Waals surface area (Å²) in [5.41, 5.74) is 3.35. The molecule has 3 heteroatoms. The van der Waals surface area contributed by atoms with Crippen molar-refractivity contribution >= 4 is 0 Å². The van der Waals surface area contributed by atoms with Crippen LogP contribution in [0.5, 0.6) is 0 Å². The second kappa shape index (κ2) is 7.85. The maximum Gasteiger partial charge on any atom is 0.280 e. The van der Waals surface area contributed by atoms with Gasteiger partial charge in [0.15, 0.2) is 6.17 Å². The lowest BCUT2D eigenvalue weighted by Crippen LogP contribution is -2.18. The standard InChI is InChI=1S/C23H27F3/c1-3-16-4-6-17(7-5-16)18-8-10-19(11-9-18)20-12-14-21(15-13-20)22(24)23(2,25)26/h8-17,22H,3-7H2,1-2H3. The predicted octanol–water partition coefficient (Wildman–Crippen LogP) is 7.70. The van der Waals surface area contributed by atoms with Crippen LogP contribution in [-0.2, 0) is 0 Å². The highest BCUT2D eigenvalue weighted by Gasteiger charge is 2.35. The molecule has 1 fully saturated rings. The Morgan fingerprint density at radius 3 is 1.85 bits per heavy atom. The Bertz CT molecular complexity index is 690. The van der Waals surface area contributed by atoms with Gasteiger partial charge >= 0.3 is 0 Å². The fourth-order valence-electron chi connectivity index (χ4n) is 3.99. The molecule has 2 aromatic carbocycles. The van der Waals surface area contributed by atoms with E-state index in [2.05, 4.69) is 31.2 Å². The average molecular weight is 360 g/mol. The summed E-state index contributed by atoms with van der Waals surface area (Å²) in [6.07, 6.45) is 4.17. The monoisotopic (exact) mass is 360 g/mol. The number of benzene rings is 2.